The second-order valence-electron chi connectivity index (χ2n) is 5.02. The van der Waals surface area contributed by atoms with Crippen molar-refractivity contribution in [3.05, 3.63) is 51.9 Å². The van der Waals surface area contributed by atoms with E-state index in [1.165, 1.54) is 50.4 Å². The van der Waals surface area contributed by atoms with Gasteiger partial charge in [0.05, 0.1) is 33.1 Å². The molecule has 1 aromatic carbocycles. The highest BCUT2D eigenvalue weighted by atomic mass is 16.5. The van der Waals surface area contributed by atoms with Gasteiger partial charge in [0, 0.05) is 30.9 Å². The molecule has 0 aliphatic heterocycles. The van der Waals surface area contributed by atoms with E-state index in [2.05, 4.69) is 10.5 Å². The van der Waals surface area contributed by atoms with E-state index in [4.69, 9.17) is 14.2 Å². The first-order chi connectivity index (χ1) is 12.0. The third-order valence-electron chi connectivity index (χ3n) is 3.45. The minimum Gasteiger partial charge on any atom is -0.496 e. The number of amides is 1. The topological polar surface area (TPSA) is 91.2 Å². The fourth-order valence-electron chi connectivity index (χ4n) is 2.11. The Morgan fingerprint density at radius 2 is 1.72 bits per heavy atom. The van der Waals surface area contributed by atoms with Crippen molar-refractivity contribution in [2.24, 2.45) is 12.1 Å². The lowest BCUT2D eigenvalue weighted by molar-refractivity contribution is 0.0954. The van der Waals surface area contributed by atoms with E-state index in [1.807, 2.05) is 0 Å². The second-order valence-corrected chi connectivity index (χ2v) is 5.02. The zero-order chi connectivity index (χ0) is 18.4. The van der Waals surface area contributed by atoms with Crippen molar-refractivity contribution in [2.75, 3.05) is 21.3 Å². The van der Waals surface area contributed by atoms with E-state index in [0.29, 0.717) is 28.4 Å². The molecular weight excluding hydrogens is 326 g/mol. The van der Waals surface area contributed by atoms with E-state index >= 15 is 0 Å². The minimum atomic E-state index is -0.439. The Morgan fingerprint density at radius 1 is 1.08 bits per heavy atom. The monoisotopic (exact) mass is 345 g/mol. The smallest absolute Gasteiger partial charge is 0.272 e. The molecule has 8 nitrogen and oxygen atoms in total. The van der Waals surface area contributed by atoms with Gasteiger partial charge in [-0.05, 0) is 12.1 Å². The van der Waals surface area contributed by atoms with Gasteiger partial charge in [0.2, 0.25) is 5.56 Å². The first-order valence-electron chi connectivity index (χ1n) is 7.30. The molecule has 0 spiro atoms. The van der Waals surface area contributed by atoms with Gasteiger partial charge in [-0.25, -0.2) is 5.43 Å². The third kappa shape index (κ3) is 4.17. The van der Waals surface area contributed by atoms with Gasteiger partial charge in [0.25, 0.3) is 5.91 Å². The summed E-state index contributed by atoms with van der Waals surface area (Å²) in [6, 6.07) is 6.09. The van der Waals surface area contributed by atoms with E-state index in [-0.39, 0.29) is 5.56 Å². The normalized spacial score (nSPS) is 10.6. The fraction of sp³-hybridized carbons (Fsp3) is 0.235. The summed E-state index contributed by atoms with van der Waals surface area (Å²) in [5, 5.41) is 3.92. The molecule has 2 rings (SSSR count). The Hall–Kier alpha value is -3.29. The van der Waals surface area contributed by atoms with Crippen LogP contribution in [0.5, 0.6) is 17.2 Å². The van der Waals surface area contributed by atoms with Crippen molar-refractivity contribution in [3.63, 3.8) is 0 Å². The van der Waals surface area contributed by atoms with Gasteiger partial charge in [0.15, 0.2) is 11.5 Å². The first-order valence-corrected chi connectivity index (χ1v) is 7.30. The average molecular weight is 345 g/mol. The number of hydrazone groups is 1. The number of aryl methyl sites for hydroxylation is 1. The Morgan fingerprint density at radius 3 is 2.32 bits per heavy atom. The molecule has 1 aromatic heterocycles. The molecule has 25 heavy (non-hydrogen) atoms. The molecular formula is C17H19N3O5. The molecule has 1 N–H and O–H groups in total. The molecule has 0 aliphatic carbocycles. The van der Waals surface area contributed by atoms with Crippen molar-refractivity contribution < 1.29 is 19.0 Å². The quantitative estimate of drug-likeness (QED) is 0.627. The average Bonchev–Trinajstić information content (AvgIpc) is 2.63. The number of rotatable bonds is 6. The Bertz CT molecular complexity index is 858. The summed E-state index contributed by atoms with van der Waals surface area (Å²) >= 11 is 0. The van der Waals surface area contributed by atoms with E-state index < -0.39 is 5.91 Å². The zero-order valence-corrected chi connectivity index (χ0v) is 14.4. The highest BCUT2D eigenvalue weighted by Gasteiger charge is 2.11. The van der Waals surface area contributed by atoms with Gasteiger partial charge < -0.3 is 18.8 Å². The lowest BCUT2D eigenvalue weighted by Crippen LogP contribution is -2.22. The Kier molecular flexibility index (Phi) is 5.78. The highest BCUT2D eigenvalue weighted by molar-refractivity contribution is 5.95. The summed E-state index contributed by atoms with van der Waals surface area (Å²) in [5.74, 6) is 1.10. The number of aromatic nitrogens is 1. The summed E-state index contributed by atoms with van der Waals surface area (Å²) in [4.78, 5) is 23.4. The summed E-state index contributed by atoms with van der Waals surface area (Å²) in [7, 11) is 6.13. The van der Waals surface area contributed by atoms with Crippen LogP contribution in [0.4, 0.5) is 0 Å². The number of nitrogens with zero attached hydrogens (tertiary/aromatic N) is 2. The van der Waals surface area contributed by atoms with Gasteiger partial charge in [0.1, 0.15) is 5.75 Å². The second kappa shape index (κ2) is 8.00. The van der Waals surface area contributed by atoms with Crippen LogP contribution < -0.4 is 25.2 Å². The lowest BCUT2D eigenvalue weighted by Gasteiger charge is -2.11. The fourth-order valence-corrected chi connectivity index (χ4v) is 2.11. The maximum Gasteiger partial charge on any atom is 0.272 e. The Balaban J connectivity index is 2.19. The van der Waals surface area contributed by atoms with Crippen LogP contribution in [-0.4, -0.2) is 38.0 Å². The predicted molar refractivity (Wildman–Crippen MR) is 92.8 cm³/mol. The molecule has 0 atom stereocenters. The van der Waals surface area contributed by atoms with Gasteiger partial charge in [-0.2, -0.15) is 5.10 Å². The van der Waals surface area contributed by atoms with Crippen LogP contribution in [0.3, 0.4) is 0 Å². The molecule has 0 aliphatic rings. The number of carbonyl (C=O) groups is 1. The predicted octanol–water partition coefficient (Wildman–Crippen LogP) is 1.17. The molecule has 1 amide bonds. The number of nitrogens with one attached hydrogen (secondary N) is 1. The van der Waals surface area contributed by atoms with Gasteiger partial charge in [-0.15, -0.1) is 0 Å². The molecule has 0 fully saturated rings. The van der Waals surface area contributed by atoms with Gasteiger partial charge >= 0.3 is 0 Å². The highest BCUT2D eigenvalue weighted by Crippen LogP contribution is 2.33. The molecule has 2 aromatic rings. The Labute approximate surface area is 144 Å². The van der Waals surface area contributed by atoms with Gasteiger partial charge in [-0.3, -0.25) is 9.59 Å². The van der Waals surface area contributed by atoms with Crippen LogP contribution in [0.15, 0.2) is 40.4 Å². The number of hydrogen-bond acceptors (Lipinski definition) is 6. The van der Waals surface area contributed by atoms with E-state index in [0.717, 1.165) is 0 Å². The molecule has 0 radical (unpaired) electrons. The van der Waals surface area contributed by atoms with Crippen LogP contribution in [0, 0.1) is 0 Å². The molecule has 0 unspecified atom stereocenters. The van der Waals surface area contributed by atoms with Crippen LogP contribution in [0.25, 0.3) is 0 Å². The molecule has 1 heterocycles. The summed E-state index contributed by atoms with van der Waals surface area (Å²) in [5.41, 5.74) is 3.12. The van der Waals surface area contributed by atoms with Crippen LogP contribution >= 0.6 is 0 Å². The van der Waals surface area contributed by atoms with Crippen molar-refractivity contribution in [3.8, 4) is 17.2 Å². The van der Waals surface area contributed by atoms with Crippen molar-refractivity contribution in [1.29, 1.82) is 0 Å². The molecule has 0 saturated heterocycles. The van der Waals surface area contributed by atoms with Crippen molar-refractivity contribution in [1.82, 2.24) is 9.99 Å². The zero-order valence-electron chi connectivity index (χ0n) is 14.4. The molecule has 0 saturated carbocycles. The number of pyridine rings is 1. The lowest BCUT2D eigenvalue weighted by atomic mass is 10.2. The number of carbonyl (C=O) groups excluding carboxylic acids is 1. The number of hydrogen-bond donors (Lipinski definition) is 1. The standard InChI is InChI=1S/C17H19N3O5/c1-20-10-11(5-6-16(20)21)17(22)19-18-9-12-7-14(24-3)15(25-4)8-13(12)23-2/h5-10H,1-4H3,(H,19,22)/b18-9+. The summed E-state index contributed by atoms with van der Waals surface area (Å²) < 4.78 is 17.0. The van der Waals surface area contributed by atoms with Crippen LogP contribution in [0.1, 0.15) is 15.9 Å². The summed E-state index contributed by atoms with van der Waals surface area (Å²) in [6.45, 7) is 0. The number of methoxy groups -OCH3 is 3. The van der Waals surface area contributed by atoms with Crippen LogP contribution in [-0.2, 0) is 7.05 Å². The SMILES string of the molecule is COc1cc(OC)c(OC)cc1/C=N/NC(=O)c1ccc(=O)n(C)c1. The van der Waals surface area contributed by atoms with Crippen molar-refractivity contribution in [2.45, 2.75) is 0 Å². The van der Waals surface area contributed by atoms with Crippen LogP contribution in [0.2, 0.25) is 0 Å². The van der Waals surface area contributed by atoms with E-state index in [1.54, 1.807) is 19.2 Å². The summed E-state index contributed by atoms with van der Waals surface area (Å²) in [6.07, 6.45) is 2.87. The maximum absolute atomic E-state index is 12.1. The maximum atomic E-state index is 12.1. The molecule has 132 valence electrons. The number of benzene rings is 1. The molecule has 8 heteroatoms. The third-order valence-corrected chi connectivity index (χ3v) is 3.45. The first kappa shape index (κ1) is 18.1. The van der Waals surface area contributed by atoms with E-state index in [9.17, 15) is 9.59 Å². The number of ether oxygens (including phenoxy) is 3. The minimum absolute atomic E-state index is 0.199. The van der Waals surface area contributed by atoms with Crippen molar-refractivity contribution >= 4 is 12.1 Å². The largest absolute Gasteiger partial charge is 0.496 e. The molecule has 0 bridgehead atoms. The van der Waals surface area contributed by atoms with Gasteiger partial charge in [-0.1, -0.05) is 0 Å².